The van der Waals surface area contributed by atoms with E-state index in [4.69, 9.17) is 11.6 Å². The maximum Gasteiger partial charge on any atom is 0.255 e. The third kappa shape index (κ3) is 3.64. The number of halogens is 2. The van der Waals surface area contributed by atoms with Gasteiger partial charge in [-0.15, -0.1) is 0 Å². The summed E-state index contributed by atoms with van der Waals surface area (Å²) in [5.74, 6) is -0.773. The highest BCUT2D eigenvalue weighted by molar-refractivity contribution is 6.34. The van der Waals surface area contributed by atoms with Crippen LogP contribution in [-0.2, 0) is 0 Å². The minimum Gasteiger partial charge on any atom is -0.369 e. The molecule has 1 N–H and O–H groups in total. The van der Waals surface area contributed by atoms with Gasteiger partial charge in [-0.2, -0.15) is 0 Å². The Labute approximate surface area is 140 Å². The minimum atomic E-state index is -0.431. The molecule has 3 nitrogen and oxygen atoms in total. The first-order chi connectivity index (χ1) is 11.1. The van der Waals surface area contributed by atoms with E-state index in [9.17, 15) is 9.18 Å². The van der Waals surface area contributed by atoms with E-state index in [-0.39, 0.29) is 11.5 Å². The van der Waals surface area contributed by atoms with Gasteiger partial charge in [-0.3, -0.25) is 4.79 Å². The van der Waals surface area contributed by atoms with Crippen LogP contribution in [0.4, 0.5) is 15.8 Å². The SMILES string of the molecule is O=C(Nc1cccc(Cl)c1N1CCCCC1)c1cccc(F)c1. The van der Waals surface area contributed by atoms with Crippen LogP contribution in [0.1, 0.15) is 29.6 Å². The fraction of sp³-hybridized carbons (Fsp3) is 0.278. The second kappa shape index (κ2) is 7.01. The Morgan fingerprint density at radius 3 is 2.57 bits per heavy atom. The summed E-state index contributed by atoms with van der Waals surface area (Å²) in [6.45, 7) is 1.85. The van der Waals surface area contributed by atoms with Crippen LogP contribution in [0.3, 0.4) is 0 Å². The van der Waals surface area contributed by atoms with Gasteiger partial charge in [0.2, 0.25) is 0 Å². The molecule has 23 heavy (non-hydrogen) atoms. The molecule has 1 saturated heterocycles. The molecule has 120 valence electrons. The number of benzene rings is 2. The molecule has 0 unspecified atom stereocenters. The van der Waals surface area contributed by atoms with Gasteiger partial charge in [0.15, 0.2) is 0 Å². The Kier molecular flexibility index (Phi) is 4.82. The highest BCUT2D eigenvalue weighted by Crippen LogP contribution is 2.35. The fourth-order valence-corrected chi connectivity index (χ4v) is 3.17. The van der Waals surface area contributed by atoms with E-state index in [2.05, 4.69) is 10.2 Å². The first-order valence-corrected chi connectivity index (χ1v) is 8.13. The van der Waals surface area contributed by atoms with E-state index in [1.165, 1.54) is 24.6 Å². The molecular formula is C18H18ClFN2O. The average molecular weight is 333 g/mol. The van der Waals surface area contributed by atoms with Gasteiger partial charge in [0.1, 0.15) is 5.82 Å². The Balaban J connectivity index is 1.87. The van der Waals surface area contributed by atoms with Gasteiger partial charge in [0, 0.05) is 18.7 Å². The summed E-state index contributed by atoms with van der Waals surface area (Å²) in [6.07, 6.45) is 3.44. The lowest BCUT2D eigenvalue weighted by Gasteiger charge is -2.31. The van der Waals surface area contributed by atoms with E-state index in [1.807, 2.05) is 12.1 Å². The summed E-state index contributed by atoms with van der Waals surface area (Å²) >= 11 is 6.36. The zero-order chi connectivity index (χ0) is 16.2. The average Bonchev–Trinajstić information content (AvgIpc) is 2.56. The number of hydrogen-bond donors (Lipinski definition) is 1. The third-order valence-electron chi connectivity index (χ3n) is 3.99. The number of hydrogen-bond acceptors (Lipinski definition) is 2. The Hall–Kier alpha value is -2.07. The van der Waals surface area contributed by atoms with E-state index in [0.29, 0.717) is 10.7 Å². The molecular weight excluding hydrogens is 315 g/mol. The summed E-state index contributed by atoms with van der Waals surface area (Å²) in [4.78, 5) is 14.6. The fourth-order valence-electron chi connectivity index (χ4n) is 2.88. The van der Waals surface area contributed by atoms with Gasteiger partial charge in [-0.05, 0) is 49.6 Å². The number of para-hydroxylation sites is 1. The standard InChI is InChI=1S/C18H18ClFN2O/c19-15-8-5-9-16(17(15)22-10-2-1-3-11-22)21-18(23)13-6-4-7-14(20)12-13/h4-9,12H,1-3,10-11H2,(H,21,23). The van der Waals surface area contributed by atoms with Crippen LogP contribution < -0.4 is 10.2 Å². The molecule has 0 aromatic heterocycles. The molecule has 1 amide bonds. The van der Waals surface area contributed by atoms with Gasteiger partial charge < -0.3 is 10.2 Å². The number of amides is 1. The van der Waals surface area contributed by atoms with Crippen LogP contribution in [0.2, 0.25) is 5.02 Å². The Morgan fingerprint density at radius 1 is 1.09 bits per heavy atom. The second-order valence-electron chi connectivity index (χ2n) is 5.65. The van der Waals surface area contributed by atoms with Crippen molar-refractivity contribution in [3.63, 3.8) is 0 Å². The molecule has 0 atom stereocenters. The van der Waals surface area contributed by atoms with Gasteiger partial charge in [0.05, 0.1) is 16.4 Å². The number of carbonyl (C=O) groups is 1. The third-order valence-corrected chi connectivity index (χ3v) is 4.30. The quantitative estimate of drug-likeness (QED) is 0.882. The molecule has 2 aromatic carbocycles. The largest absolute Gasteiger partial charge is 0.369 e. The first kappa shape index (κ1) is 15.8. The predicted molar refractivity (Wildman–Crippen MR) is 91.9 cm³/mol. The molecule has 0 aliphatic carbocycles. The van der Waals surface area contributed by atoms with Crippen molar-refractivity contribution in [2.45, 2.75) is 19.3 Å². The first-order valence-electron chi connectivity index (χ1n) is 7.75. The number of rotatable bonds is 3. The Bertz CT molecular complexity index is 714. The van der Waals surface area contributed by atoms with Gasteiger partial charge in [0.25, 0.3) is 5.91 Å². The van der Waals surface area contributed by atoms with Crippen molar-refractivity contribution in [1.29, 1.82) is 0 Å². The zero-order valence-electron chi connectivity index (χ0n) is 12.7. The molecule has 1 fully saturated rings. The molecule has 1 aliphatic rings. The normalized spacial score (nSPS) is 14.6. The zero-order valence-corrected chi connectivity index (χ0v) is 13.4. The molecule has 0 spiro atoms. The van der Waals surface area contributed by atoms with Crippen molar-refractivity contribution in [2.75, 3.05) is 23.3 Å². The number of anilines is 2. The monoisotopic (exact) mass is 332 g/mol. The second-order valence-corrected chi connectivity index (χ2v) is 6.06. The number of carbonyl (C=O) groups excluding carboxylic acids is 1. The highest BCUT2D eigenvalue weighted by Gasteiger charge is 2.19. The van der Waals surface area contributed by atoms with Gasteiger partial charge in [-0.1, -0.05) is 23.7 Å². The highest BCUT2D eigenvalue weighted by atomic mass is 35.5. The number of piperidine rings is 1. The van der Waals surface area contributed by atoms with E-state index in [0.717, 1.165) is 31.6 Å². The Morgan fingerprint density at radius 2 is 1.83 bits per heavy atom. The molecule has 2 aromatic rings. The van der Waals surface area contributed by atoms with E-state index < -0.39 is 5.82 Å². The predicted octanol–water partition coefficient (Wildman–Crippen LogP) is 4.72. The lowest BCUT2D eigenvalue weighted by molar-refractivity contribution is 0.102. The summed E-state index contributed by atoms with van der Waals surface area (Å²) in [5, 5.41) is 3.48. The lowest BCUT2D eigenvalue weighted by atomic mass is 10.1. The lowest BCUT2D eigenvalue weighted by Crippen LogP contribution is -2.30. The molecule has 0 bridgehead atoms. The van der Waals surface area contributed by atoms with Crippen molar-refractivity contribution in [3.8, 4) is 0 Å². The number of nitrogens with zero attached hydrogens (tertiary/aromatic N) is 1. The maximum absolute atomic E-state index is 13.3. The smallest absolute Gasteiger partial charge is 0.255 e. The molecule has 0 radical (unpaired) electrons. The van der Waals surface area contributed by atoms with Crippen LogP contribution in [0.15, 0.2) is 42.5 Å². The van der Waals surface area contributed by atoms with Crippen molar-refractivity contribution in [1.82, 2.24) is 0 Å². The van der Waals surface area contributed by atoms with Gasteiger partial charge >= 0.3 is 0 Å². The number of nitrogens with one attached hydrogen (secondary N) is 1. The summed E-state index contributed by atoms with van der Waals surface area (Å²) in [5.41, 5.74) is 1.79. The van der Waals surface area contributed by atoms with Crippen LogP contribution in [-0.4, -0.2) is 19.0 Å². The molecule has 3 rings (SSSR count). The topological polar surface area (TPSA) is 32.3 Å². The van der Waals surface area contributed by atoms with Crippen molar-refractivity contribution >= 4 is 28.9 Å². The summed E-state index contributed by atoms with van der Waals surface area (Å²) < 4.78 is 13.3. The molecule has 1 aliphatic heterocycles. The molecule has 5 heteroatoms. The van der Waals surface area contributed by atoms with Crippen molar-refractivity contribution in [3.05, 3.63) is 58.9 Å². The van der Waals surface area contributed by atoms with Gasteiger partial charge in [-0.25, -0.2) is 4.39 Å². The maximum atomic E-state index is 13.3. The van der Waals surface area contributed by atoms with Crippen molar-refractivity contribution in [2.24, 2.45) is 0 Å². The summed E-state index contributed by atoms with van der Waals surface area (Å²) in [6, 6.07) is 11.1. The molecule has 0 saturated carbocycles. The van der Waals surface area contributed by atoms with Crippen molar-refractivity contribution < 1.29 is 9.18 Å². The van der Waals surface area contributed by atoms with Crippen LogP contribution >= 0.6 is 11.6 Å². The van der Waals surface area contributed by atoms with Crippen LogP contribution in [0, 0.1) is 5.82 Å². The molecule has 1 heterocycles. The van der Waals surface area contributed by atoms with E-state index in [1.54, 1.807) is 12.1 Å². The minimum absolute atomic E-state index is 0.287. The van der Waals surface area contributed by atoms with Crippen LogP contribution in [0.25, 0.3) is 0 Å². The summed E-state index contributed by atoms with van der Waals surface area (Å²) in [7, 11) is 0. The van der Waals surface area contributed by atoms with Crippen LogP contribution in [0.5, 0.6) is 0 Å². The van der Waals surface area contributed by atoms with E-state index >= 15 is 0 Å².